The van der Waals surface area contributed by atoms with Gasteiger partial charge in [-0.25, -0.2) is 4.98 Å². The molecule has 2 atom stereocenters. The van der Waals surface area contributed by atoms with Crippen molar-refractivity contribution in [3.05, 3.63) is 29.6 Å². The molecule has 2 unspecified atom stereocenters. The second kappa shape index (κ2) is 6.06. The maximum Gasteiger partial charge on any atom is 0.127 e. The van der Waals surface area contributed by atoms with E-state index in [1.54, 1.807) is 6.26 Å². The topological polar surface area (TPSA) is 34.9 Å². The Morgan fingerprint density at radius 1 is 1.47 bits per heavy atom. The number of hydrogen-bond donors (Lipinski definition) is 0. The normalized spacial score (nSPS) is 14.7. The fourth-order valence-corrected chi connectivity index (χ4v) is 2.97. The second-order valence-corrected chi connectivity index (χ2v) is 7.02. The molecule has 1 heterocycles. The zero-order valence-corrected chi connectivity index (χ0v) is 13.1. The van der Waals surface area contributed by atoms with E-state index < -0.39 is 10.8 Å². The molecule has 0 fully saturated rings. The van der Waals surface area contributed by atoms with E-state index in [4.69, 9.17) is 11.6 Å². The summed E-state index contributed by atoms with van der Waals surface area (Å²) in [6, 6.07) is 6.17. The lowest BCUT2D eigenvalue weighted by atomic mass is 10.2. The number of rotatable bonds is 5. The van der Waals surface area contributed by atoms with E-state index in [1.165, 1.54) is 0 Å². The standard InChI is InChI=1S/C14H19ClN2OS/c1-10-6-4-7-12-13(10)16-14(11(2)15)17(12)8-5-9-19(3)18/h4,6-7,11H,5,8-9H2,1-3H3. The van der Waals surface area contributed by atoms with Gasteiger partial charge in [-0.3, -0.25) is 4.21 Å². The van der Waals surface area contributed by atoms with Gasteiger partial charge in [0.2, 0.25) is 0 Å². The molecule has 0 aliphatic rings. The van der Waals surface area contributed by atoms with Crippen LogP contribution >= 0.6 is 11.6 Å². The van der Waals surface area contributed by atoms with Gasteiger partial charge in [0.25, 0.3) is 0 Å². The largest absolute Gasteiger partial charge is 0.327 e. The van der Waals surface area contributed by atoms with Crippen LogP contribution in [0.3, 0.4) is 0 Å². The number of aryl methyl sites for hydroxylation is 2. The molecule has 1 aromatic heterocycles. The van der Waals surface area contributed by atoms with Crippen LogP contribution < -0.4 is 0 Å². The van der Waals surface area contributed by atoms with E-state index in [2.05, 4.69) is 28.6 Å². The number of halogens is 1. The van der Waals surface area contributed by atoms with Crippen molar-refractivity contribution in [1.29, 1.82) is 0 Å². The SMILES string of the molecule is Cc1cccc2c1nc(C(C)Cl)n2CCCS(C)=O. The molecule has 0 saturated carbocycles. The minimum atomic E-state index is -0.749. The Hall–Kier alpha value is -0.870. The van der Waals surface area contributed by atoms with Crippen LogP contribution in [0.5, 0.6) is 0 Å². The Labute approximate surface area is 121 Å². The van der Waals surface area contributed by atoms with E-state index in [1.807, 2.05) is 13.0 Å². The lowest BCUT2D eigenvalue weighted by Gasteiger charge is -2.10. The lowest BCUT2D eigenvalue weighted by molar-refractivity contribution is 0.646. The zero-order chi connectivity index (χ0) is 14.0. The molecule has 3 nitrogen and oxygen atoms in total. The molecule has 104 valence electrons. The van der Waals surface area contributed by atoms with Crippen LogP contribution in [0, 0.1) is 6.92 Å². The van der Waals surface area contributed by atoms with Crippen LogP contribution in [0.2, 0.25) is 0 Å². The predicted molar refractivity (Wildman–Crippen MR) is 82.3 cm³/mol. The van der Waals surface area contributed by atoms with Crippen molar-refractivity contribution in [3.8, 4) is 0 Å². The van der Waals surface area contributed by atoms with Crippen molar-refractivity contribution in [3.63, 3.8) is 0 Å². The summed E-state index contributed by atoms with van der Waals surface area (Å²) in [7, 11) is -0.749. The first-order chi connectivity index (χ1) is 9.00. The number of alkyl halides is 1. The van der Waals surface area contributed by atoms with E-state index >= 15 is 0 Å². The smallest absolute Gasteiger partial charge is 0.127 e. The van der Waals surface area contributed by atoms with Crippen molar-refractivity contribution < 1.29 is 4.21 Å². The third-order valence-electron chi connectivity index (χ3n) is 3.18. The van der Waals surface area contributed by atoms with Gasteiger partial charge in [-0.2, -0.15) is 0 Å². The van der Waals surface area contributed by atoms with E-state index in [-0.39, 0.29) is 5.38 Å². The Morgan fingerprint density at radius 3 is 2.84 bits per heavy atom. The van der Waals surface area contributed by atoms with Crippen molar-refractivity contribution >= 4 is 33.4 Å². The first kappa shape index (κ1) is 14.5. The van der Waals surface area contributed by atoms with Gasteiger partial charge in [-0.15, -0.1) is 11.6 Å². The van der Waals surface area contributed by atoms with Gasteiger partial charge in [0.15, 0.2) is 0 Å². The molecule has 5 heteroatoms. The summed E-state index contributed by atoms with van der Waals surface area (Å²) in [4.78, 5) is 4.66. The molecular weight excluding hydrogens is 280 g/mol. The van der Waals surface area contributed by atoms with Crippen LogP contribution in [-0.2, 0) is 17.3 Å². The summed E-state index contributed by atoms with van der Waals surface area (Å²) >= 11 is 6.23. The number of imidazole rings is 1. The molecule has 0 radical (unpaired) electrons. The van der Waals surface area contributed by atoms with Crippen LogP contribution in [0.25, 0.3) is 11.0 Å². The highest BCUT2D eigenvalue weighted by Gasteiger charge is 2.15. The van der Waals surface area contributed by atoms with Gasteiger partial charge in [0.1, 0.15) is 5.82 Å². The highest BCUT2D eigenvalue weighted by molar-refractivity contribution is 7.84. The molecule has 0 amide bonds. The van der Waals surface area contributed by atoms with Gasteiger partial charge in [-0.05, 0) is 31.9 Å². The monoisotopic (exact) mass is 298 g/mol. The molecule has 2 rings (SSSR count). The van der Waals surface area contributed by atoms with Crippen molar-refractivity contribution in [2.75, 3.05) is 12.0 Å². The summed E-state index contributed by atoms with van der Waals surface area (Å²) in [5, 5.41) is -0.126. The van der Waals surface area contributed by atoms with Gasteiger partial charge >= 0.3 is 0 Å². The maximum atomic E-state index is 11.2. The molecule has 1 aromatic carbocycles. The Morgan fingerprint density at radius 2 is 2.21 bits per heavy atom. The summed E-state index contributed by atoms with van der Waals surface area (Å²) < 4.78 is 13.3. The van der Waals surface area contributed by atoms with Crippen LogP contribution in [-0.4, -0.2) is 25.8 Å². The van der Waals surface area contributed by atoms with E-state index in [0.717, 1.165) is 35.4 Å². The number of fused-ring (bicyclic) bond motifs is 1. The average molecular weight is 299 g/mol. The minimum absolute atomic E-state index is 0.126. The van der Waals surface area contributed by atoms with Crippen molar-refractivity contribution in [1.82, 2.24) is 9.55 Å². The van der Waals surface area contributed by atoms with Gasteiger partial charge in [-0.1, -0.05) is 12.1 Å². The van der Waals surface area contributed by atoms with Crippen molar-refractivity contribution in [2.45, 2.75) is 32.2 Å². The fraction of sp³-hybridized carbons (Fsp3) is 0.500. The maximum absolute atomic E-state index is 11.2. The zero-order valence-electron chi connectivity index (χ0n) is 11.5. The summed E-state index contributed by atoms with van der Waals surface area (Å²) in [5.74, 6) is 1.61. The fourth-order valence-electron chi connectivity index (χ4n) is 2.27. The molecule has 0 bridgehead atoms. The number of benzene rings is 1. The molecule has 19 heavy (non-hydrogen) atoms. The third kappa shape index (κ3) is 3.18. The van der Waals surface area contributed by atoms with E-state index in [0.29, 0.717) is 5.75 Å². The first-order valence-electron chi connectivity index (χ1n) is 6.40. The highest BCUT2D eigenvalue weighted by Crippen LogP contribution is 2.26. The molecule has 0 N–H and O–H groups in total. The second-order valence-electron chi connectivity index (χ2n) is 4.81. The predicted octanol–water partition coefficient (Wildman–Crippen LogP) is 3.41. The molecule has 0 aliphatic carbocycles. The summed E-state index contributed by atoms with van der Waals surface area (Å²) in [6.45, 7) is 4.81. The third-order valence-corrected chi connectivity index (χ3v) is 4.24. The molecular formula is C14H19ClN2OS. The quantitative estimate of drug-likeness (QED) is 0.793. The molecule has 2 aromatic rings. The van der Waals surface area contributed by atoms with Crippen molar-refractivity contribution in [2.24, 2.45) is 0 Å². The van der Waals surface area contributed by atoms with Gasteiger partial charge in [0.05, 0.1) is 16.4 Å². The van der Waals surface area contributed by atoms with Crippen LogP contribution in [0.1, 0.15) is 30.1 Å². The average Bonchev–Trinajstić information content (AvgIpc) is 2.70. The Bertz CT molecular complexity index is 607. The number of hydrogen-bond acceptors (Lipinski definition) is 2. The summed E-state index contributed by atoms with van der Waals surface area (Å²) in [5.41, 5.74) is 3.29. The van der Waals surface area contributed by atoms with E-state index in [9.17, 15) is 4.21 Å². The summed E-state index contributed by atoms with van der Waals surface area (Å²) in [6.07, 6.45) is 2.61. The number of aromatic nitrogens is 2. The molecule has 0 aliphatic heterocycles. The van der Waals surface area contributed by atoms with Gasteiger partial charge in [0, 0.05) is 29.4 Å². The number of para-hydroxylation sites is 1. The van der Waals surface area contributed by atoms with Gasteiger partial charge < -0.3 is 4.57 Å². The molecule has 0 spiro atoms. The lowest BCUT2D eigenvalue weighted by Crippen LogP contribution is -2.07. The minimum Gasteiger partial charge on any atom is -0.327 e. The molecule has 0 saturated heterocycles. The highest BCUT2D eigenvalue weighted by atomic mass is 35.5. The Balaban J connectivity index is 2.41. The number of nitrogens with zero attached hydrogens (tertiary/aromatic N) is 2. The van der Waals surface area contributed by atoms with Crippen LogP contribution in [0.15, 0.2) is 18.2 Å². The van der Waals surface area contributed by atoms with Crippen LogP contribution in [0.4, 0.5) is 0 Å². The Kier molecular flexibility index (Phi) is 4.63. The first-order valence-corrected chi connectivity index (χ1v) is 8.57.